The number of benzene rings is 1. The first kappa shape index (κ1) is 21.6. The van der Waals surface area contributed by atoms with Gasteiger partial charge in [-0.1, -0.05) is 12.5 Å². The summed E-state index contributed by atoms with van der Waals surface area (Å²) in [5, 5.41) is 17.7. The molecule has 0 amide bonds. The molecule has 7 nitrogen and oxygen atoms in total. The summed E-state index contributed by atoms with van der Waals surface area (Å²) in [6.07, 6.45) is 3.22. The highest BCUT2D eigenvalue weighted by Crippen LogP contribution is 2.29. The number of hydrogen-bond donors (Lipinski definition) is 2. The fourth-order valence-corrected chi connectivity index (χ4v) is 3.81. The van der Waals surface area contributed by atoms with E-state index in [0.29, 0.717) is 18.0 Å². The molecule has 29 heavy (non-hydrogen) atoms. The Bertz CT molecular complexity index is 758. The molecule has 1 aromatic heterocycles. The lowest BCUT2D eigenvalue weighted by Gasteiger charge is -2.28. The van der Waals surface area contributed by atoms with Gasteiger partial charge in [-0.15, -0.1) is 0 Å². The molecule has 1 aliphatic heterocycles. The van der Waals surface area contributed by atoms with E-state index in [1.54, 1.807) is 7.11 Å². The summed E-state index contributed by atoms with van der Waals surface area (Å²) in [6.45, 7) is 6.59. The normalized spacial score (nSPS) is 16.2. The van der Waals surface area contributed by atoms with Gasteiger partial charge in [0.25, 0.3) is 0 Å². The van der Waals surface area contributed by atoms with Crippen molar-refractivity contribution in [3.05, 3.63) is 41.2 Å². The maximum absolute atomic E-state index is 10.4. The van der Waals surface area contributed by atoms with Crippen molar-refractivity contribution in [1.82, 2.24) is 20.0 Å². The molecule has 7 heteroatoms. The van der Waals surface area contributed by atoms with Gasteiger partial charge in [-0.25, -0.2) is 0 Å². The Morgan fingerprint density at radius 2 is 1.97 bits per heavy atom. The molecule has 0 spiro atoms. The molecule has 1 unspecified atom stereocenters. The number of methoxy groups -OCH3 is 1. The van der Waals surface area contributed by atoms with Gasteiger partial charge in [0.1, 0.15) is 12.7 Å². The molecule has 0 aliphatic carbocycles. The monoisotopic (exact) mass is 402 g/mol. The molecule has 2 aromatic rings. The Balaban J connectivity index is 1.54. The highest BCUT2D eigenvalue weighted by molar-refractivity contribution is 5.43. The predicted octanol–water partition coefficient (Wildman–Crippen LogP) is 2.58. The Morgan fingerprint density at radius 3 is 2.66 bits per heavy atom. The summed E-state index contributed by atoms with van der Waals surface area (Å²) in [5.74, 6) is 1.36. The number of aliphatic hydroxyl groups excluding tert-OH is 1. The number of piperidine rings is 1. The summed E-state index contributed by atoms with van der Waals surface area (Å²) < 4.78 is 11.4. The number of rotatable bonds is 10. The number of aromatic nitrogens is 2. The summed E-state index contributed by atoms with van der Waals surface area (Å²) in [5.41, 5.74) is 3.22. The van der Waals surface area contributed by atoms with E-state index in [9.17, 15) is 5.11 Å². The van der Waals surface area contributed by atoms with E-state index in [4.69, 9.17) is 9.47 Å². The van der Waals surface area contributed by atoms with E-state index < -0.39 is 6.10 Å². The SMILES string of the molecule is COc1ccc(CN(C)Cc2cc(C)[nH]n2)cc1OCC(O)CN1CCCCC1. The zero-order valence-electron chi connectivity index (χ0n) is 17.9. The van der Waals surface area contributed by atoms with E-state index in [2.05, 4.69) is 33.1 Å². The van der Waals surface area contributed by atoms with Crippen molar-refractivity contribution in [2.24, 2.45) is 0 Å². The highest BCUT2D eigenvalue weighted by atomic mass is 16.5. The van der Waals surface area contributed by atoms with Gasteiger partial charge in [0.2, 0.25) is 0 Å². The van der Waals surface area contributed by atoms with Gasteiger partial charge in [0.15, 0.2) is 11.5 Å². The van der Waals surface area contributed by atoms with Crippen molar-refractivity contribution in [2.45, 2.75) is 45.4 Å². The van der Waals surface area contributed by atoms with Gasteiger partial charge in [-0.05, 0) is 63.7 Å². The molecule has 2 N–H and O–H groups in total. The number of aliphatic hydroxyl groups is 1. The van der Waals surface area contributed by atoms with Gasteiger partial charge in [-0.2, -0.15) is 5.10 Å². The third-order valence-corrected chi connectivity index (χ3v) is 5.22. The van der Waals surface area contributed by atoms with Gasteiger partial charge in [-0.3, -0.25) is 10.00 Å². The standard InChI is InChI=1S/C22H34N4O3/c1-17-11-19(24-23-17)14-25(2)13-18-7-8-21(28-3)22(12-18)29-16-20(27)15-26-9-5-4-6-10-26/h7-8,11-12,20,27H,4-6,9-10,13-16H2,1-3H3,(H,23,24). The van der Waals surface area contributed by atoms with E-state index in [-0.39, 0.29) is 6.61 Å². The van der Waals surface area contributed by atoms with Crippen LogP contribution in [0.4, 0.5) is 0 Å². The fraction of sp³-hybridized carbons (Fsp3) is 0.591. The van der Waals surface area contributed by atoms with Crippen molar-refractivity contribution < 1.29 is 14.6 Å². The van der Waals surface area contributed by atoms with Crippen LogP contribution in [-0.2, 0) is 13.1 Å². The number of ether oxygens (including phenoxy) is 2. The topological polar surface area (TPSA) is 73.8 Å². The van der Waals surface area contributed by atoms with Crippen LogP contribution in [0.5, 0.6) is 11.5 Å². The van der Waals surface area contributed by atoms with Crippen molar-refractivity contribution in [1.29, 1.82) is 0 Å². The van der Waals surface area contributed by atoms with E-state index in [0.717, 1.165) is 43.1 Å². The minimum absolute atomic E-state index is 0.263. The Kier molecular flexibility index (Phi) is 7.91. The van der Waals surface area contributed by atoms with Crippen LogP contribution in [0.2, 0.25) is 0 Å². The van der Waals surface area contributed by atoms with E-state index in [1.807, 2.05) is 25.1 Å². The molecule has 0 radical (unpaired) electrons. The molecule has 1 aliphatic rings. The third kappa shape index (κ3) is 6.73. The lowest BCUT2D eigenvalue weighted by atomic mass is 10.1. The third-order valence-electron chi connectivity index (χ3n) is 5.22. The Morgan fingerprint density at radius 1 is 1.17 bits per heavy atom. The van der Waals surface area contributed by atoms with Gasteiger partial charge in [0, 0.05) is 25.3 Å². The van der Waals surface area contributed by atoms with E-state index >= 15 is 0 Å². The fourth-order valence-electron chi connectivity index (χ4n) is 3.81. The van der Waals surface area contributed by atoms with Crippen LogP contribution < -0.4 is 9.47 Å². The van der Waals surface area contributed by atoms with Gasteiger partial charge < -0.3 is 19.5 Å². The maximum Gasteiger partial charge on any atom is 0.161 e. The number of aromatic amines is 1. The number of aryl methyl sites for hydroxylation is 1. The second kappa shape index (κ2) is 10.6. The first-order chi connectivity index (χ1) is 14.0. The molecular formula is C22H34N4O3. The first-order valence-corrected chi connectivity index (χ1v) is 10.4. The number of β-amino-alcohol motifs (C(OH)–C–C–N with tert-alkyl or cyclic N) is 1. The Hall–Kier alpha value is -2.09. The summed E-state index contributed by atoms with van der Waals surface area (Å²) in [4.78, 5) is 4.52. The minimum Gasteiger partial charge on any atom is -0.493 e. The lowest BCUT2D eigenvalue weighted by Crippen LogP contribution is -2.38. The van der Waals surface area contributed by atoms with Crippen LogP contribution in [0.3, 0.4) is 0 Å². The van der Waals surface area contributed by atoms with Crippen LogP contribution in [-0.4, -0.2) is 71.6 Å². The molecule has 160 valence electrons. The molecule has 2 heterocycles. The lowest BCUT2D eigenvalue weighted by molar-refractivity contribution is 0.0608. The molecule has 0 saturated carbocycles. The highest BCUT2D eigenvalue weighted by Gasteiger charge is 2.16. The Labute approximate surface area is 173 Å². The molecule has 1 saturated heterocycles. The quantitative estimate of drug-likeness (QED) is 0.636. The molecule has 1 aromatic carbocycles. The largest absolute Gasteiger partial charge is 0.493 e. The average Bonchev–Trinajstić information content (AvgIpc) is 3.11. The number of hydrogen-bond acceptors (Lipinski definition) is 6. The summed E-state index contributed by atoms with van der Waals surface area (Å²) in [6, 6.07) is 8.03. The van der Waals surface area contributed by atoms with Crippen molar-refractivity contribution in [3.63, 3.8) is 0 Å². The predicted molar refractivity (Wildman–Crippen MR) is 113 cm³/mol. The molecule has 3 rings (SSSR count). The van der Waals surface area contributed by atoms with Gasteiger partial charge >= 0.3 is 0 Å². The summed E-state index contributed by atoms with van der Waals surface area (Å²) >= 11 is 0. The number of likely N-dealkylation sites (tertiary alicyclic amines) is 1. The molecule has 0 bridgehead atoms. The second-order valence-electron chi connectivity index (χ2n) is 8.03. The van der Waals surface area contributed by atoms with Crippen molar-refractivity contribution in [3.8, 4) is 11.5 Å². The summed E-state index contributed by atoms with van der Waals surface area (Å²) in [7, 11) is 3.70. The maximum atomic E-state index is 10.4. The first-order valence-electron chi connectivity index (χ1n) is 10.4. The van der Waals surface area contributed by atoms with Crippen LogP contribution in [0.25, 0.3) is 0 Å². The minimum atomic E-state index is -0.507. The number of nitrogens with zero attached hydrogens (tertiary/aromatic N) is 3. The van der Waals surface area contributed by atoms with Crippen molar-refractivity contribution >= 4 is 0 Å². The second-order valence-corrected chi connectivity index (χ2v) is 8.03. The molecule has 1 fully saturated rings. The smallest absolute Gasteiger partial charge is 0.161 e. The number of nitrogens with one attached hydrogen (secondary N) is 1. The van der Waals surface area contributed by atoms with E-state index in [1.165, 1.54) is 19.3 Å². The zero-order chi connectivity index (χ0) is 20.6. The molecular weight excluding hydrogens is 368 g/mol. The van der Waals surface area contributed by atoms with Gasteiger partial charge in [0.05, 0.1) is 12.8 Å². The zero-order valence-corrected chi connectivity index (χ0v) is 17.9. The van der Waals surface area contributed by atoms with Crippen molar-refractivity contribution in [2.75, 3.05) is 40.4 Å². The van der Waals surface area contributed by atoms with Crippen LogP contribution in [0.15, 0.2) is 24.3 Å². The number of H-pyrrole nitrogens is 1. The molecule has 1 atom stereocenters. The average molecular weight is 403 g/mol. The van der Waals surface area contributed by atoms with Crippen LogP contribution in [0, 0.1) is 6.92 Å². The van der Waals surface area contributed by atoms with Crippen LogP contribution >= 0.6 is 0 Å². The van der Waals surface area contributed by atoms with Crippen LogP contribution in [0.1, 0.15) is 36.2 Å².